The fourth-order valence-corrected chi connectivity index (χ4v) is 2.50. The summed E-state index contributed by atoms with van der Waals surface area (Å²) >= 11 is 0. The molecule has 0 saturated carbocycles. The van der Waals surface area contributed by atoms with Gasteiger partial charge in [0.2, 0.25) is 0 Å². The van der Waals surface area contributed by atoms with E-state index in [1.54, 1.807) is 42.7 Å². The zero-order chi connectivity index (χ0) is 24.2. The Morgan fingerprint density at radius 3 is 1.97 bits per heavy atom. The number of aromatic hydroxyl groups is 1. The highest BCUT2D eigenvalue weighted by molar-refractivity contribution is 5.49. The Bertz CT molecular complexity index is 742. The van der Waals surface area contributed by atoms with Crippen LogP contribution in [0.25, 0.3) is 0 Å². The summed E-state index contributed by atoms with van der Waals surface area (Å²) < 4.78 is 38.2. The van der Waals surface area contributed by atoms with Gasteiger partial charge in [0.05, 0.1) is 5.56 Å². The van der Waals surface area contributed by atoms with Crippen LogP contribution in [-0.2, 0) is 6.18 Å². The summed E-state index contributed by atoms with van der Waals surface area (Å²) in [5.74, 6) is 0.322. The third-order valence-corrected chi connectivity index (χ3v) is 4.20. The topological polar surface area (TPSA) is 47.9 Å². The van der Waals surface area contributed by atoms with Crippen molar-refractivity contribution in [3.8, 4) is 5.75 Å². The number of phenols is 1. The van der Waals surface area contributed by atoms with Gasteiger partial charge in [0, 0.05) is 38.2 Å². The lowest BCUT2D eigenvalue weighted by atomic mass is 10.1. The summed E-state index contributed by atoms with van der Waals surface area (Å²) in [6, 6.07) is 14.3. The van der Waals surface area contributed by atoms with E-state index in [1.807, 2.05) is 13.1 Å². The molecule has 32 heavy (non-hydrogen) atoms. The van der Waals surface area contributed by atoms with Crippen molar-refractivity contribution < 1.29 is 18.3 Å². The Morgan fingerprint density at radius 2 is 1.59 bits per heavy atom. The molecule has 4 nitrogen and oxygen atoms in total. The lowest BCUT2D eigenvalue weighted by Gasteiger charge is -2.25. The maximum atomic E-state index is 12.7. The SMILES string of the molecule is C=N/C=C\NC.CCCCN(CCCC)c1cccc(C(F)(F)F)c1.Oc1ccccc1. The summed E-state index contributed by atoms with van der Waals surface area (Å²) in [5.41, 5.74) is 0.111. The number of anilines is 1. The lowest BCUT2D eigenvalue weighted by molar-refractivity contribution is -0.137. The summed E-state index contributed by atoms with van der Waals surface area (Å²) in [5, 5.41) is 11.4. The second-order valence-corrected chi connectivity index (χ2v) is 6.86. The zero-order valence-corrected chi connectivity index (χ0v) is 19.3. The number of hydrogen-bond acceptors (Lipinski definition) is 4. The highest BCUT2D eigenvalue weighted by atomic mass is 19.4. The Morgan fingerprint density at radius 1 is 1.00 bits per heavy atom. The fraction of sp³-hybridized carbons (Fsp3) is 0.400. The average molecular weight is 452 g/mol. The Labute approximate surface area is 190 Å². The third-order valence-electron chi connectivity index (χ3n) is 4.20. The van der Waals surface area contributed by atoms with E-state index in [0.717, 1.165) is 44.8 Å². The first kappa shape index (κ1) is 29.0. The number of hydrogen-bond donors (Lipinski definition) is 2. The number of rotatable bonds is 9. The minimum absolute atomic E-state index is 0.322. The second-order valence-electron chi connectivity index (χ2n) is 6.86. The largest absolute Gasteiger partial charge is 0.508 e. The van der Waals surface area contributed by atoms with Gasteiger partial charge in [0.15, 0.2) is 0 Å². The number of para-hydroxylation sites is 1. The van der Waals surface area contributed by atoms with Gasteiger partial charge in [-0.2, -0.15) is 13.2 Å². The van der Waals surface area contributed by atoms with Gasteiger partial charge in [-0.05, 0) is 49.9 Å². The van der Waals surface area contributed by atoms with Crippen molar-refractivity contribution in [2.45, 2.75) is 45.7 Å². The van der Waals surface area contributed by atoms with Crippen molar-refractivity contribution in [2.75, 3.05) is 25.0 Å². The first-order valence-electron chi connectivity index (χ1n) is 10.7. The molecule has 2 N–H and O–H groups in total. The first-order chi connectivity index (χ1) is 15.3. The van der Waals surface area contributed by atoms with Crippen molar-refractivity contribution in [1.29, 1.82) is 0 Å². The van der Waals surface area contributed by atoms with Gasteiger partial charge in [-0.1, -0.05) is 51.0 Å². The number of nitrogens with zero attached hydrogens (tertiary/aromatic N) is 2. The minimum Gasteiger partial charge on any atom is -0.508 e. The molecule has 0 radical (unpaired) electrons. The van der Waals surface area contributed by atoms with Crippen LogP contribution in [0, 0.1) is 0 Å². The van der Waals surface area contributed by atoms with Crippen LogP contribution in [0.2, 0.25) is 0 Å². The fourth-order valence-electron chi connectivity index (χ4n) is 2.50. The quantitative estimate of drug-likeness (QED) is 0.409. The van der Waals surface area contributed by atoms with E-state index in [2.05, 4.69) is 35.8 Å². The number of alkyl halides is 3. The molecule has 0 unspecified atom stereocenters. The summed E-state index contributed by atoms with van der Waals surface area (Å²) in [4.78, 5) is 5.49. The van der Waals surface area contributed by atoms with Gasteiger partial charge in [-0.25, -0.2) is 0 Å². The molecule has 0 heterocycles. The average Bonchev–Trinajstić information content (AvgIpc) is 2.79. The van der Waals surface area contributed by atoms with Crippen LogP contribution in [0.4, 0.5) is 18.9 Å². The molecular weight excluding hydrogens is 415 g/mol. The summed E-state index contributed by atoms with van der Waals surface area (Å²) in [6.45, 7) is 9.03. The van der Waals surface area contributed by atoms with Gasteiger partial charge in [-0.15, -0.1) is 0 Å². The molecule has 0 saturated heterocycles. The van der Waals surface area contributed by atoms with Gasteiger partial charge < -0.3 is 15.3 Å². The molecule has 0 spiro atoms. The number of nitrogens with one attached hydrogen (secondary N) is 1. The summed E-state index contributed by atoms with van der Waals surface area (Å²) in [7, 11) is 1.81. The number of halogens is 3. The van der Waals surface area contributed by atoms with Gasteiger partial charge in [0.25, 0.3) is 0 Å². The number of benzene rings is 2. The van der Waals surface area contributed by atoms with Crippen molar-refractivity contribution in [3.05, 3.63) is 72.6 Å². The first-order valence-corrected chi connectivity index (χ1v) is 10.7. The molecule has 2 rings (SSSR count). The zero-order valence-electron chi connectivity index (χ0n) is 19.3. The molecule has 0 aromatic heterocycles. The number of unbranched alkanes of at least 4 members (excludes halogenated alkanes) is 2. The molecule has 0 fully saturated rings. The molecule has 2 aromatic carbocycles. The number of phenolic OH excluding ortho intramolecular Hbond substituents is 1. The van der Waals surface area contributed by atoms with Gasteiger partial charge in [0.1, 0.15) is 5.75 Å². The number of aliphatic imine (C=N–C) groups is 1. The van der Waals surface area contributed by atoms with E-state index in [-0.39, 0.29) is 0 Å². The van der Waals surface area contributed by atoms with Crippen molar-refractivity contribution in [1.82, 2.24) is 5.32 Å². The second kappa shape index (κ2) is 17.7. The van der Waals surface area contributed by atoms with Crippen LogP contribution in [0.15, 0.2) is 72.0 Å². The molecule has 7 heteroatoms. The minimum atomic E-state index is -4.27. The maximum Gasteiger partial charge on any atom is 0.416 e. The molecule has 0 atom stereocenters. The third kappa shape index (κ3) is 14.1. The molecular formula is C25H36F3N3O. The van der Waals surface area contributed by atoms with E-state index in [0.29, 0.717) is 11.4 Å². The highest BCUT2D eigenvalue weighted by Crippen LogP contribution is 2.31. The van der Waals surface area contributed by atoms with E-state index in [9.17, 15) is 13.2 Å². The Kier molecular flexibility index (Phi) is 16.1. The molecule has 0 amide bonds. The van der Waals surface area contributed by atoms with Crippen molar-refractivity contribution >= 4 is 12.4 Å². The molecule has 0 aliphatic carbocycles. The van der Waals surface area contributed by atoms with E-state index < -0.39 is 11.7 Å². The molecule has 0 aliphatic heterocycles. The van der Waals surface area contributed by atoms with Crippen molar-refractivity contribution in [2.24, 2.45) is 4.99 Å². The predicted octanol–water partition coefficient (Wildman–Crippen LogP) is 6.88. The maximum absolute atomic E-state index is 12.7. The standard InChI is InChI=1S/C15H22F3N.C6H6O.C4H8N2/c1-3-5-10-19(11-6-4-2)14-9-7-8-13(12-14)15(16,17)18;7-6-4-2-1-3-5-6;1-5-3-4-6-2/h7-9,12H,3-6,10-11H2,1-2H3;1-5,7H;3-4,6H,1H2,2H3/b;;4-3-. The normalized spacial score (nSPS) is 10.4. The highest BCUT2D eigenvalue weighted by Gasteiger charge is 2.30. The van der Waals surface area contributed by atoms with Crippen LogP contribution in [0.3, 0.4) is 0 Å². The molecule has 0 bridgehead atoms. The smallest absolute Gasteiger partial charge is 0.416 e. The van der Waals surface area contributed by atoms with Crippen LogP contribution in [0.5, 0.6) is 5.75 Å². The monoisotopic (exact) mass is 451 g/mol. The Balaban J connectivity index is 0.000000599. The van der Waals surface area contributed by atoms with Crippen LogP contribution in [-0.4, -0.2) is 32.0 Å². The Hall–Kier alpha value is -2.96. The van der Waals surface area contributed by atoms with Crippen LogP contribution < -0.4 is 10.2 Å². The molecule has 2 aromatic rings. The van der Waals surface area contributed by atoms with Crippen LogP contribution in [0.1, 0.15) is 45.1 Å². The van der Waals surface area contributed by atoms with Crippen molar-refractivity contribution in [3.63, 3.8) is 0 Å². The van der Waals surface area contributed by atoms with Gasteiger partial charge in [-0.3, -0.25) is 4.99 Å². The summed E-state index contributed by atoms with van der Waals surface area (Å²) in [6.07, 6.45) is 3.10. The van der Waals surface area contributed by atoms with E-state index in [1.165, 1.54) is 12.1 Å². The molecule has 178 valence electrons. The molecule has 0 aliphatic rings. The lowest BCUT2D eigenvalue weighted by Crippen LogP contribution is -2.25. The van der Waals surface area contributed by atoms with E-state index >= 15 is 0 Å². The predicted molar refractivity (Wildman–Crippen MR) is 129 cm³/mol. The van der Waals surface area contributed by atoms with E-state index in [4.69, 9.17) is 5.11 Å². The van der Waals surface area contributed by atoms with Gasteiger partial charge >= 0.3 is 6.18 Å². The van der Waals surface area contributed by atoms with Crippen LogP contribution >= 0.6 is 0 Å².